The first kappa shape index (κ1) is 14.0. The van der Waals surface area contributed by atoms with Crippen LogP contribution in [0.5, 0.6) is 0 Å². The van der Waals surface area contributed by atoms with Crippen molar-refractivity contribution in [3.8, 4) is 0 Å². The maximum atomic E-state index is 13.0. The molecule has 0 aliphatic rings. The van der Waals surface area contributed by atoms with Crippen LogP contribution in [0, 0.1) is 5.82 Å². The lowest BCUT2D eigenvalue weighted by Gasteiger charge is -2.30. The molecule has 17 heavy (non-hydrogen) atoms. The van der Waals surface area contributed by atoms with Crippen LogP contribution in [0.3, 0.4) is 0 Å². The number of hydrogen-bond donors (Lipinski definition) is 1. The largest absolute Gasteiger partial charge is 0.407 e. The van der Waals surface area contributed by atoms with Crippen LogP contribution >= 0.6 is 0 Å². The Bertz CT molecular complexity index is 379. The van der Waals surface area contributed by atoms with E-state index < -0.39 is 23.6 Å². The molecule has 0 aliphatic heterocycles. The molecule has 1 unspecified atom stereocenters. The second-order valence-electron chi connectivity index (χ2n) is 4.92. The monoisotopic (exact) mass is 249 g/mol. The van der Waals surface area contributed by atoms with Crippen molar-refractivity contribution in [2.75, 3.05) is 0 Å². The first-order chi connectivity index (χ1) is 7.59. The first-order valence-electron chi connectivity index (χ1n) is 5.19. The third kappa shape index (κ3) is 4.34. The molecule has 0 amide bonds. The van der Waals surface area contributed by atoms with Gasteiger partial charge in [-0.15, -0.1) is 0 Å². The molecule has 0 bridgehead atoms. The van der Waals surface area contributed by atoms with Crippen LogP contribution < -0.4 is 5.32 Å². The molecule has 1 atom stereocenters. The molecule has 0 radical (unpaired) electrons. The van der Waals surface area contributed by atoms with Gasteiger partial charge in [0, 0.05) is 5.54 Å². The number of hydrogen-bond acceptors (Lipinski definition) is 1. The SMILES string of the molecule is CC(C)(C)NC(c1cccc(F)c1)C(F)(F)F. The fourth-order valence-corrected chi connectivity index (χ4v) is 1.47. The zero-order valence-corrected chi connectivity index (χ0v) is 9.90. The van der Waals surface area contributed by atoms with Crippen molar-refractivity contribution in [2.45, 2.75) is 38.5 Å². The second kappa shape index (κ2) is 4.64. The second-order valence-corrected chi connectivity index (χ2v) is 4.92. The minimum atomic E-state index is -4.46. The fraction of sp³-hybridized carbons (Fsp3) is 0.500. The van der Waals surface area contributed by atoms with Crippen molar-refractivity contribution in [1.29, 1.82) is 0 Å². The third-order valence-electron chi connectivity index (χ3n) is 2.09. The highest BCUT2D eigenvalue weighted by Crippen LogP contribution is 2.34. The molecule has 0 aliphatic carbocycles. The summed E-state index contributed by atoms with van der Waals surface area (Å²) in [4.78, 5) is 0. The van der Waals surface area contributed by atoms with Crippen LogP contribution in [0.4, 0.5) is 17.6 Å². The lowest BCUT2D eigenvalue weighted by Crippen LogP contribution is -2.45. The zero-order chi connectivity index (χ0) is 13.3. The van der Waals surface area contributed by atoms with Gasteiger partial charge in [0.15, 0.2) is 0 Å². The maximum absolute atomic E-state index is 13.0. The molecule has 1 aromatic rings. The Hall–Kier alpha value is -1.10. The van der Waals surface area contributed by atoms with Gasteiger partial charge in [-0.2, -0.15) is 13.2 Å². The van der Waals surface area contributed by atoms with Crippen LogP contribution in [0.1, 0.15) is 32.4 Å². The number of halogens is 4. The van der Waals surface area contributed by atoms with Gasteiger partial charge in [-0.25, -0.2) is 4.39 Å². The zero-order valence-electron chi connectivity index (χ0n) is 9.90. The van der Waals surface area contributed by atoms with E-state index in [1.54, 1.807) is 20.8 Å². The molecule has 0 aromatic heterocycles. The van der Waals surface area contributed by atoms with E-state index in [-0.39, 0.29) is 5.56 Å². The molecule has 0 heterocycles. The first-order valence-corrected chi connectivity index (χ1v) is 5.19. The predicted molar refractivity (Wildman–Crippen MR) is 58.1 cm³/mol. The molecule has 96 valence electrons. The van der Waals surface area contributed by atoms with Crippen molar-refractivity contribution in [3.05, 3.63) is 35.6 Å². The summed E-state index contributed by atoms with van der Waals surface area (Å²) in [7, 11) is 0. The summed E-state index contributed by atoms with van der Waals surface area (Å²) < 4.78 is 51.6. The Morgan fingerprint density at radius 2 is 1.71 bits per heavy atom. The van der Waals surface area contributed by atoms with Crippen LogP contribution in [0.25, 0.3) is 0 Å². The summed E-state index contributed by atoms with van der Waals surface area (Å²) in [5.41, 5.74) is -0.834. The Morgan fingerprint density at radius 3 is 2.12 bits per heavy atom. The summed E-state index contributed by atoms with van der Waals surface area (Å²) in [6, 6.07) is 2.69. The summed E-state index contributed by atoms with van der Waals surface area (Å²) in [5, 5.41) is 2.45. The third-order valence-corrected chi connectivity index (χ3v) is 2.09. The minimum Gasteiger partial charge on any atom is -0.298 e. The van der Waals surface area contributed by atoms with Crippen molar-refractivity contribution < 1.29 is 17.6 Å². The Kier molecular flexibility index (Phi) is 3.81. The Morgan fingerprint density at radius 1 is 1.12 bits per heavy atom. The average molecular weight is 249 g/mol. The van der Waals surface area contributed by atoms with E-state index in [1.165, 1.54) is 12.1 Å². The van der Waals surface area contributed by atoms with Crippen molar-refractivity contribution in [3.63, 3.8) is 0 Å². The van der Waals surface area contributed by atoms with Crippen molar-refractivity contribution in [1.82, 2.24) is 5.32 Å². The van der Waals surface area contributed by atoms with E-state index in [0.29, 0.717) is 0 Å². The van der Waals surface area contributed by atoms with E-state index in [1.807, 2.05) is 0 Å². The average Bonchev–Trinajstić information content (AvgIpc) is 2.11. The van der Waals surface area contributed by atoms with Crippen LogP contribution in [0.15, 0.2) is 24.3 Å². The topological polar surface area (TPSA) is 12.0 Å². The summed E-state index contributed by atoms with van der Waals surface area (Å²) in [5.74, 6) is -0.674. The van der Waals surface area contributed by atoms with E-state index in [2.05, 4.69) is 5.32 Å². The minimum absolute atomic E-state index is 0.118. The highest BCUT2D eigenvalue weighted by atomic mass is 19.4. The van der Waals surface area contributed by atoms with Gasteiger partial charge in [0.1, 0.15) is 11.9 Å². The van der Waals surface area contributed by atoms with Gasteiger partial charge >= 0.3 is 6.18 Å². The van der Waals surface area contributed by atoms with Gasteiger partial charge in [-0.1, -0.05) is 12.1 Å². The lowest BCUT2D eigenvalue weighted by molar-refractivity contribution is -0.161. The smallest absolute Gasteiger partial charge is 0.298 e. The van der Waals surface area contributed by atoms with Gasteiger partial charge < -0.3 is 0 Å². The number of alkyl halides is 3. The van der Waals surface area contributed by atoms with Gasteiger partial charge in [-0.05, 0) is 38.5 Å². The van der Waals surface area contributed by atoms with Crippen LogP contribution in [-0.2, 0) is 0 Å². The van der Waals surface area contributed by atoms with Crippen molar-refractivity contribution in [2.24, 2.45) is 0 Å². The number of nitrogens with one attached hydrogen (secondary N) is 1. The fourth-order valence-electron chi connectivity index (χ4n) is 1.47. The molecule has 1 N–H and O–H groups in total. The van der Waals surface area contributed by atoms with Crippen LogP contribution in [-0.4, -0.2) is 11.7 Å². The Balaban J connectivity index is 3.07. The summed E-state index contributed by atoms with van der Waals surface area (Å²) >= 11 is 0. The van der Waals surface area contributed by atoms with Crippen LogP contribution in [0.2, 0.25) is 0 Å². The molecule has 5 heteroatoms. The van der Waals surface area contributed by atoms with Gasteiger partial charge in [0.25, 0.3) is 0 Å². The molecule has 0 saturated heterocycles. The van der Waals surface area contributed by atoms with Gasteiger partial charge in [0.2, 0.25) is 0 Å². The highest BCUT2D eigenvalue weighted by Gasteiger charge is 2.42. The highest BCUT2D eigenvalue weighted by molar-refractivity contribution is 5.22. The molecular weight excluding hydrogens is 234 g/mol. The van der Waals surface area contributed by atoms with E-state index >= 15 is 0 Å². The Labute approximate surface area is 97.8 Å². The van der Waals surface area contributed by atoms with E-state index in [9.17, 15) is 17.6 Å². The van der Waals surface area contributed by atoms with Gasteiger partial charge in [0.05, 0.1) is 0 Å². The summed E-state index contributed by atoms with van der Waals surface area (Å²) in [6.07, 6.45) is -4.46. The molecule has 1 nitrogen and oxygen atoms in total. The molecule has 1 aromatic carbocycles. The van der Waals surface area contributed by atoms with E-state index in [4.69, 9.17) is 0 Å². The van der Waals surface area contributed by atoms with E-state index in [0.717, 1.165) is 12.1 Å². The molecular formula is C12H15F4N. The quantitative estimate of drug-likeness (QED) is 0.786. The predicted octanol–water partition coefficient (Wildman–Crippen LogP) is 3.82. The molecule has 0 saturated carbocycles. The molecule has 0 fully saturated rings. The normalized spacial score (nSPS) is 14.8. The lowest BCUT2D eigenvalue weighted by atomic mass is 10.0. The van der Waals surface area contributed by atoms with Crippen molar-refractivity contribution >= 4 is 0 Å². The number of benzene rings is 1. The molecule has 1 rings (SSSR count). The number of rotatable bonds is 2. The van der Waals surface area contributed by atoms with Gasteiger partial charge in [-0.3, -0.25) is 5.32 Å². The molecule has 0 spiro atoms. The standard InChI is InChI=1S/C12H15F4N/c1-11(2,3)17-10(12(14,15)16)8-5-4-6-9(13)7-8/h4-7,10,17H,1-3H3. The summed E-state index contributed by atoms with van der Waals surface area (Å²) in [6.45, 7) is 4.89. The maximum Gasteiger partial charge on any atom is 0.407 e.